The van der Waals surface area contributed by atoms with Crippen LogP contribution in [-0.4, -0.2) is 79.1 Å². The average Bonchev–Trinajstić information content (AvgIpc) is 3.36. The summed E-state index contributed by atoms with van der Waals surface area (Å²) in [5.74, 6) is -1.70. The lowest BCUT2D eigenvalue weighted by molar-refractivity contribution is -0.285. The van der Waals surface area contributed by atoms with E-state index in [1.165, 1.54) is 13.8 Å². The maximum atomic E-state index is 13.0. The first-order valence-corrected chi connectivity index (χ1v) is 14.5. The fraction of sp³-hybridized carbons (Fsp3) is 0.897. The zero-order valence-corrected chi connectivity index (χ0v) is 24.0. The number of aliphatic hydroxyl groups is 1. The standard InChI is InChI=1S/C29H44O10/c1-7-15(2)25(33)39-24-20(32)12-21-27(6,22-11-19-8-9-34-26(19)38-22)16(3)10-23(37-18(5)31)28(21,13-35-17(4)30)29(24)14-36-29/h15-16,19-24,26,32H,7-14H2,1-6H3/t15-,16-,19-,20-,21-,22-,23+,24+,26+,27+,28+,29-/m1/s1. The molecule has 3 saturated heterocycles. The molecule has 0 radical (unpaired) electrons. The molecule has 3 aliphatic heterocycles. The minimum absolute atomic E-state index is 0.0309. The molecule has 0 amide bonds. The fourth-order valence-electron chi connectivity index (χ4n) is 8.29. The maximum Gasteiger partial charge on any atom is 0.309 e. The Morgan fingerprint density at radius 2 is 1.82 bits per heavy atom. The zero-order valence-electron chi connectivity index (χ0n) is 24.0. The molecule has 5 fully saturated rings. The van der Waals surface area contributed by atoms with Crippen LogP contribution in [0.4, 0.5) is 0 Å². The summed E-state index contributed by atoms with van der Waals surface area (Å²) < 4.78 is 36.4. The van der Waals surface area contributed by atoms with Crippen LogP contribution in [0.5, 0.6) is 0 Å². The van der Waals surface area contributed by atoms with Crippen molar-refractivity contribution in [1.29, 1.82) is 0 Å². The molecule has 12 atom stereocenters. The first-order chi connectivity index (χ1) is 18.4. The number of hydrogen-bond donors (Lipinski definition) is 1. The van der Waals surface area contributed by atoms with Gasteiger partial charge in [-0.3, -0.25) is 14.4 Å². The van der Waals surface area contributed by atoms with Gasteiger partial charge < -0.3 is 33.5 Å². The molecule has 0 aromatic rings. The summed E-state index contributed by atoms with van der Waals surface area (Å²) in [6.07, 6.45) is -0.0393. The molecule has 220 valence electrons. The minimum atomic E-state index is -1.18. The lowest BCUT2D eigenvalue weighted by atomic mass is 9.41. The van der Waals surface area contributed by atoms with Gasteiger partial charge in [0.25, 0.3) is 0 Å². The number of rotatable bonds is 7. The third-order valence-electron chi connectivity index (χ3n) is 10.9. The van der Waals surface area contributed by atoms with Crippen molar-refractivity contribution >= 4 is 17.9 Å². The molecule has 0 bridgehead atoms. The normalized spacial score (nSPS) is 47.2. The number of fused-ring (bicyclic) bond motifs is 3. The highest BCUT2D eigenvalue weighted by Crippen LogP contribution is 2.70. The largest absolute Gasteiger partial charge is 0.465 e. The summed E-state index contributed by atoms with van der Waals surface area (Å²) in [7, 11) is 0. The highest BCUT2D eigenvalue weighted by Gasteiger charge is 2.81. The zero-order chi connectivity index (χ0) is 28.3. The summed E-state index contributed by atoms with van der Waals surface area (Å²) in [5, 5.41) is 11.6. The summed E-state index contributed by atoms with van der Waals surface area (Å²) in [6, 6.07) is 0. The molecule has 1 spiro atoms. The first kappa shape index (κ1) is 28.8. The highest BCUT2D eigenvalue weighted by molar-refractivity contribution is 5.72. The lowest BCUT2D eigenvalue weighted by Crippen LogP contribution is -2.74. The van der Waals surface area contributed by atoms with Gasteiger partial charge in [0.2, 0.25) is 0 Å². The molecule has 2 saturated carbocycles. The van der Waals surface area contributed by atoms with E-state index in [4.69, 9.17) is 28.4 Å². The molecule has 2 aliphatic carbocycles. The molecule has 1 N–H and O–H groups in total. The number of carbonyl (C=O) groups is 3. The molecule has 0 aromatic carbocycles. The number of esters is 3. The molecule has 5 rings (SSSR count). The van der Waals surface area contributed by atoms with Crippen LogP contribution in [0.3, 0.4) is 0 Å². The molecule has 0 aromatic heterocycles. The van der Waals surface area contributed by atoms with E-state index < -0.39 is 52.7 Å². The Bertz CT molecular complexity index is 967. The number of ether oxygens (including phenoxy) is 6. The lowest BCUT2D eigenvalue weighted by Gasteiger charge is -2.65. The maximum absolute atomic E-state index is 13.0. The first-order valence-electron chi connectivity index (χ1n) is 14.5. The SMILES string of the molecule is CC[C@@H](C)C(=O)O[C@H]1[C@H](O)C[C@@H]2[C@@](C)([C@H]3C[C@H]4CCO[C@H]4O3)[C@H](C)C[C@H](OC(C)=O)[C@@]2(COC(C)=O)[C@@]12CO2. The molecule has 5 aliphatic rings. The van der Waals surface area contributed by atoms with Gasteiger partial charge in [-0.05, 0) is 43.9 Å². The van der Waals surface area contributed by atoms with E-state index in [1.54, 1.807) is 6.92 Å². The van der Waals surface area contributed by atoms with Crippen LogP contribution in [0.2, 0.25) is 0 Å². The van der Waals surface area contributed by atoms with E-state index in [0.29, 0.717) is 25.4 Å². The molecule has 0 unspecified atom stereocenters. The third-order valence-corrected chi connectivity index (χ3v) is 10.9. The quantitative estimate of drug-likeness (QED) is 0.286. The van der Waals surface area contributed by atoms with Gasteiger partial charge >= 0.3 is 17.9 Å². The van der Waals surface area contributed by atoms with Gasteiger partial charge in [0, 0.05) is 25.2 Å². The predicted molar refractivity (Wildman–Crippen MR) is 136 cm³/mol. The van der Waals surface area contributed by atoms with E-state index in [1.807, 2.05) is 6.92 Å². The summed E-state index contributed by atoms with van der Waals surface area (Å²) >= 11 is 0. The number of carbonyl (C=O) groups excluding carboxylic acids is 3. The summed E-state index contributed by atoms with van der Waals surface area (Å²) in [4.78, 5) is 37.7. The van der Waals surface area contributed by atoms with Gasteiger partial charge in [-0.2, -0.15) is 0 Å². The van der Waals surface area contributed by atoms with E-state index in [2.05, 4.69) is 13.8 Å². The summed E-state index contributed by atoms with van der Waals surface area (Å²) in [5.41, 5.74) is -2.75. The topological polar surface area (TPSA) is 130 Å². The van der Waals surface area contributed by atoms with Crippen LogP contribution in [0, 0.1) is 34.5 Å². The van der Waals surface area contributed by atoms with Crippen molar-refractivity contribution in [2.45, 2.75) is 110 Å². The third kappa shape index (κ3) is 4.41. The Labute approximate surface area is 230 Å². The average molecular weight is 553 g/mol. The van der Waals surface area contributed by atoms with Gasteiger partial charge in [-0.25, -0.2) is 0 Å². The van der Waals surface area contributed by atoms with Gasteiger partial charge in [0.05, 0.1) is 36.8 Å². The van der Waals surface area contributed by atoms with E-state index in [9.17, 15) is 19.5 Å². The molecule has 10 heteroatoms. The van der Waals surface area contributed by atoms with Crippen molar-refractivity contribution in [2.75, 3.05) is 19.8 Å². The van der Waals surface area contributed by atoms with Gasteiger partial charge in [-0.15, -0.1) is 0 Å². The smallest absolute Gasteiger partial charge is 0.309 e. The fourth-order valence-corrected chi connectivity index (χ4v) is 8.29. The molecule has 3 heterocycles. The van der Waals surface area contributed by atoms with Crippen molar-refractivity contribution in [3.8, 4) is 0 Å². The van der Waals surface area contributed by atoms with E-state index in [0.717, 1.165) is 12.8 Å². The van der Waals surface area contributed by atoms with Crippen LogP contribution in [0.1, 0.15) is 73.6 Å². The van der Waals surface area contributed by atoms with Crippen molar-refractivity contribution in [1.82, 2.24) is 0 Å². The monoisotopic (exact) mass is 552 g/mol. The Morgan fingerprint density at radius 3 is 2.41 bits per heavy atom. The molecule has 10 nitrogen and oxygen atoms in total. The van der Waals surface area contributed by atoms with Crippen LogP contribution < -0.4 is 0 Å². The molecular weight excluding hydrogens is 508 g/mol. The second-order valence-corrected chi connectivity index (χ2v) is 12.8. The van der Waals surface area contributed by atoms with Gasteiger partial charge in [-0.1, -0.05) is 27.7 Å². The van der Waals surface area contributed by atoms with Crippen molar-refractivity contribution in [3.05, 3.63) is 0 Å². The van der Waals surface area contributed by atoms with Crippen molar-refractivity contribution in [3.63, 3.8) is 0 Å². The second-order valence-electron chi connectivity index (χ2n) is 12.8. The number of aliphatic hydroxyl groups excluding tert-OH is 1. The Balaban J connectivity index is 1.62. The Morgan fingerprint density at radius 1 is 1.10 bits per heavy atom. The predicted octanol–water partition coefficient (Wildman–Crippen LogP) is 2.77. The van der Waals surface area contributed by atoms with Crippen LogP contribution in [-0.2, 0) is 42.8 Å². The Hall–Kier alpha value is -1.75. The molecular formula is C29H44O10. The second kappa shape index (κ2) is 10.3. The van der Waals surface area contributed by atoms with Crippen LogP contribution in [0.15, 0.2) is 0 Å². The van der Waals surface area contributed by atoms with E-state index in [-0.39, 0.29) is 49.8 Å². The number of epoxide rings is 1. The van der Waals surface area contributed by atoms with E-state index >= 15 is 0 Å². The highest BCUT2D eigenvalue weighted by atomic mass is 16.7. The van der Waals surface area contributed by atoms with Crippen LogP contribution in [0.25, 0.3) is 0 Å². The van der Waals surface area contributed by atoms with Gasteiger partial charge in [0.1, 0.15) is 18.3 Å². The van der Waals surface area contributed by atoms with Crippen LogP contribution >= 0.6 is 0 Å². The van der Waals surface area contributed by atoms with Gasteiger partial charge in [0.15, 0.2) is 12.4 Å². The minimum Gasteiger partial charge on any atom is -0.465 e. The number of hydrogen-bond acceptors (Lipinski definition) is 10. The molecule has 39 heavy (non-hydrogen) atoms. The van der Waals surface area contributed by atoms with Crippen molar-refractivity contribution < 1.29 is 47.9 Å². The van der Waals surface area contributed by atoms with Crippen molar-refractivity contribution in [2.24, 2.45) is 34.5 Å². The summed E-state index contributed by atoms with van der Waals surface area (Å²) in [6.45, 7) is 11.5. The Kier molecular flexibility index (Phi) is 7.57.